The summed E-state index contributed by atoms with van der Waals surface area (Å²) in [6.07, 6.45) is 7.66. The molecule has 3 aliphatic rings. The number of furan rings is 1. The van der Waals surface area contributed by atoms with Crippen molar-refractivity contribution in [2.75, 3.05) is 32.9 Å². The van der Waals surface area contributed by atoms with Crippen LogP contribution in [0.1, 0.15) is 62.3 Å². The Hall–Kier alpha value is -3.77. The van der Waals surface area contributed by atoms with Gasteiger partial charge in [-0.3, -0.25) is 9.59 Å². The van der Waals surface area contributed by atoms with E-state index >= 15 is 0 Å². The molecule has 1 unspecified atom stereocenters. The third-order valence-electron chi connectivity index (χ3n) is 9.47. The molecule has 4 heterocycles. The van der Waals surface area contributed by atoms with Crippen LogP contribution in [-0.4, -0.2) is 74.7 Å². The summed E-state index contributed by atoms with van der Waals surface area (Å²) >= 11 is 0. The van der Waals surface area contributed by atoms with Gasteiger partial charge in [0.2, 0.25) is 15.9 Å². The number of nitrogens with zero attached hydrogens (tertiary/aromatic N) is 2. The van der Waals surface area contributed by atoms with Crippen molar-refractivity contribution >= 4 is 27.5 Å². The van der Waals surface area contributed by atoms with E-state index in [1.807, 2.05) is 47.4 Å². The number of carbonyl (C=O) groups is 2. The predicted molar refractivity (Wildman–Crippen MR) is 179 cm³/mol. The van der Waals surface area contributed by atoms with Crippen molar-refractivity contribution in [1.82, 2.24) is 9.21 Å². The summed E-state index contributed by atoms with van der Waals surface area (Å²) in [5.74, 6) is 0.160. The lowest BCUT2D eigenvalue weighted by atomic mass is 9.73. The number of carbonyl (C=O) groups excluding carboxylic acids is 2. The molecular formula is C37H44N2O8S. The van der Waals surface area contributed by atoms with Gasteiger partial charge in [0, 0.05) is 44.3 Å². The van der Waals surface area contributed by atoms with Gasteiger partial charge in [-0.05, 0) is 68.4 Å². The van der Waals surface area contributed by atoms with Crippen LogP contribution in [0.5, 0.6) is 0 Å². The van der Waals surface area contributed by atoms with Crippen LogP contribution in [0.4, 0.5) is 0 Å². The maximum atomic E-state index is 15.0. The molecule has 3 aromatic rings. The molecule has 11 heteroatoms. The number of esters is 1. The number of aryl methyl sites for hydroxylation is 1. The van der Waals surface area contributed by atoms with Crippen LogP contribution in [0.25, 0.3) is 5.57 Å². The minimum Gasteiger partial charge on any atom is -0.469 e. The van der Waals surface area contributed by atoms with E-state index in [1.165, 1.54) is 4.31 Å². The highest BCUT2D eigenvalue weighted by molar-refractivity contribution is 7.89. The van der Waals surface area contributed by atoms with Crippen LogP contribution in [-0.2, 0) is 46.8 Å². The topological polar surface area (TPSA) is 116 Å². The van der Waals surface area contributed by atoms with Gasteiger partial charge in [-0.1, -0.05) is 54.6 Å². The summed E-state index contributed by atoms with van der Waals surface area (Å²) in [6.45, 7) is 3.66. The first kappa shape index (κ1) is 34.1. The zero-order valence-corrected chi connectivity index (χ0v) is 28.2. The van der Waals surface area contributed by atoms with Gasteiger partial charge in [0.25, 0.3) is 0 Å². The molecule has 1 amide bonds. The van der Waals surface area contributed by atoms with Crippen molar-refractivity contribution in [1.29, 1.82) is 0 Å². The molecule has 0 N–H and O–H groups in total. The second kappa shape index (κ2) is 15.2. The summed E-state index contributed by atoms with van der Waals surface area (Å²) in [4.78, 5) is 29.1. The van der Waals surface area contributed by atoms with Gasteiger partial charge < -0.3 is 23.5 Å². The largest absolute Gasteiger partial charge is 0.469 e. The number of benzene rings is 2. The van der Waals surface area contributed by atoms with Gasteiger partial charge in [0.1, 0.15) is 5.76 Å². The van der Waals surface area contributed by atoms with E-state index in [0.29, 0.717) is 57.0 Å². The van der Waals surface area contributed by atoms with Gasteiger partial charge >= 0.3 is 5.97 Å². The minimum atomic E-state index is -3.90. The SMILES string of the molecule is CCOC(=O)CCc1cc(C2=CCN(S(=O)(=O)c3ccccc3)C[C@]23C[C@@H](CCOC2CCCCO2)N(Cc2ccccc2)C3=O)co1. The Labute approximate surface area is 282 Å². The van der Waals surface area contributed by atoms with Crippen molar-refractivity contribution in [2.24, 2.45) is 5.41 Å². The van der Waals surface area contributed by atoms with E-state index in [9.17, 15) is 18.0 Å². The predicted octanol–water partition coefficient (Wildman–Crippen LogP) is 5.58. The quantitative estimate of drug-likeness (QED) is 0.216. The van der Waals surface area contributed by atoms with Crippen LogP contribution >= 0.6 is 0 Å². The lowest BCUT2D eigenvalue weighted by Crippen LogP contribution is -2.49. The van der Waals surface area contributed by atoms with Gasteiger partial charge in [-0.25, -0.2) is 8.42 Å². The van der Waals surface area contributed by atoms with E-state index in [-0.39, 0.29) is 48.6 Å². The first-order valence-corrected chi connectivity index (χ1v) is 18.3. The average Bonchev–Trinajstić information content (AvgIpc) is 3.68. The number of likely N-dealkylation sites (tertiary alicyclic amines) is 1. The third-order valence-corrected chi connectivity index (χ3v) is 11.3. The maximum absolute atomic E-state index is 15.0. The molecule has 48 heavy (non-hydrogen) atoms. The average molecular weight is 677 g/mol. The summed E-state index contributed by atoms with van der Waals surface area (Å²) in [6, 6.07) is 19.8. The fourth-order valence-electron chi connectivity index (χ4n) is 7.08. The lowest BCUT2D eigenvalue weighted by molar-refractivity contribution is -0.164. The van der Waals surface area contributed by atoms with Crippen molar-refractivity contribution in [2.45, 2.75) is 75.6 Å². The minimum absolute atomic E-state index is 0.00732. The first-order valence-electron chi connectivity index (χ1n) is 16.9. The Balaban J connectivity index is 1.34. The maximum Gasteiger partial charge on any atom is 0.306 e. The van der Waals surface area contributed by atoms with Gasteiger partial charge in [0.05, 0.1) is 36.2 Å². The Morgan fingerprint density at radius 2 is 1.83 bits per heavy atom. The molecular weight excluding hydrogens is 632 g/mol. The highest BCUT2D eigenvalue weighted by atomic mass is 32.2. The second-order valence-electron chi connectivity index (χ2n) is 12.6. The number of hydrogen-bond donors (Lipinski definition) is 0. The standard InChI is InChI=1S/C37H44N2O8S/c1-2-44-34(40)17-16-31-23-29(26-47-31)33-18-20-38(48(42,43)32-13-7-4-8-14-32)27-37(33)24-30(19-22-46-35-15-9-10-21-45-35)39(36(37)41)25-28-11-5-3-6-12-28/h3-8,11-14,18,23,26,30,35H,2,9-10,15-17,19-22,24-25,27H2,1H3/t30-,35?,37-/m1/s1. The van der Waals surface area contributed by atoms with E-state index in [4.69, 9.17) is 18.6 Å². The molecule has 3 atom stereocenters. The van der Waals surface area contributed by atoms with E-state index in [0.717, 1.165) is 30.4 Å². The molecule has 6 rings (SSSR count). The van der Waals surface area contributed by atoms with E-state index in [1.54, 1.807) is 43.5 Å². The number of ether oxygens (including phenoxy) is 3. The molecule has 10 nitrogen and oxygen atoms in total. The Bertz CT molecular complexity index is 1680. The van der Waals surface area contributed by atoms with Crippen LogP contribution in [0.3, 0.4) is 0 Å². The van der Waals surface area contributed by atoms with Gasteiger partial charge in [0.15, 0.2) is 6.29 Å². The van der Waals surface area contributed by atoms with E-state index < -0.39 is 15.4 Å². The summed E-state index contributed by atoms with van der Waals surface area (Å²) in [7, 11) is -3.90. The molecule has 0 aliphatic carbocycles. The number of sulfonamides is 1. The van der Waals surface area contributed by atoms with Crippen LogP contribution in [0.2, 0.25) is 0 Å². The Kier molecular flexibility index (Phi) is 10.8. The number of rotatable bonds is 13. The second-order valence-corrected chi connectivity index (χ2v) is 14.6. The normalized spacial score (nSPS) is 23.4. The Morgan fingerprint density at radius 3 is 2.56 bits per heavy atom. The monoisotopic (exact) mass is 676 g/mol. The molecule has 0 bridgehead atoms. The highest BCUT2D eigenvalue weighted by Gasteiger charge is 2.57. The van der Waals surface area contributed by atoms with Gasteiger partial charge in [-0.15, -0.1) is 0 Å². The fourth-order valence-corrected chi connectivity index (χ4v) is 8.54. The van der Waals surface area contributed by atoms with Crippen molar-refractivity contribution in [3.05, 3.63) is 96.0 Å². The summed E-state index contributed by atoms with van der Waals surface area (Å²) in [5, 5.41) is 0. The van der Waals surface area contributed by atoms with Crippen molar-refractivity contribution in [3.8, 4) is 0 Å². The van der Waals surface area contributed by atoms with Crippen molar-refractivity contribution in [3.63, 3.8) is 0 Å². The van der Waals surface area contributed by atoms with Gasteiger partial charge in [-0.2, -0.15) is 4.31 Å². The Morgan fingerprint density at radius 1 is 1.06 bits per heavy atom. The highest BCUT2D eigenvalue weighted by Crippen LogP contribution is 2.51. The van der Waals surface area contributed by atoms with Crippen LogP contribution in [0.15, 0.2) is 88.4 Å². The van der Waals surface area contributed by atoms with Crippen LogP contribution in [0, 0.1) is 5.41 Å². The first-order chi connectivity index (χ1) is 23.3. The molecule has 3 aliphatic heterocycles. The smallest absolute Gasteiger partial charge is 0.306 e. The molecule has 0 saturated carbocycles. The van der Waals surface area contributed by atoms with Crippen LogP contribution < -0.4 is 0 Å². The molecule has 1 aromatic heterocycles. The van der Waals surface area contributed by atoms with Crippen molar-refractivity contribution < 1.29 is 36.6 Å². The molecule has 256 valence electrons. The number of amides is 1. The molecule has 2 saturated heterocycles. The molecule has 2 fully saturated rings. The lowest BCUT2D eigenvalue weighted by Gasteiger charge is -2.38. The summed E-state index contributed by atoms with van der Waals surface area (Å²) in [5.41, 5.74) is 1.29. The van der Waals surface area contributed by atoms with E-state index in [2.05, 4.69) is 0 Å². The molecule has 2 aromatic carbocycles. The molecule has 1 spiro atoms. The third kappa shape index (κ3) is 7.44. The zero-order chi connectivity index (χ0) is 33.6. The summed E-state index contributed by atoms with van der Waals surface area (Å²) < 4.78 is 52.2. The molecule has 0 radical (unpaired) electrons. The zero-order valence-electron chi connectivity index (χ0n) is 27.4. The number of hydrogen-bond acceptors (Lipinski definition) is 8. The fraction of sp³-hybridized carbons (Fsp3) is 0.459.